The maximum absolute atomic E-state index is 12.9. The second-order valence-corrected chi connectivity index (χ2v) is 21.8. The number of nitrogens with zero attached hydrogens (tertiary/aromatic N) is 2. The van der Waals surface area contributed by atoms with Crippen molar-refractivity contribution in [3.8, 4) is 0 Å². The van der Waals surface area contributed by atoms with Gasteiger partial charge in [-0.15, -0.1) is 0 Å². The first-order valence-electron chi connectivity index (χ1n) is 26.5. The number of esters is 2. The fourth-order valence-corrected chi connectivity index (χ4v) is 10.3. The third-order valence-electron chi connectivity index (χ3n) is 12.4. The first kappa shape index (κ1) is 62.5. The van der Waals surface area contributed by atoms with E-state index < -0.39 is 83.7 Å². The second kappa shape index (κ2) is 36.2. The number of unbranched alkanes of at least 4 members (excludes halogenated alkanes) is 20. The average Bonchev–Trinajstić information content (AvgIpc) is 4.02. The monoisotopic (exact) mass is 1050 g/mol. The van der Waals surface area contributed by atoms with Crippen LogP contribution in [0.1, 0.15) is 200 Å². The van der Waals surface area contributed by atoms with Crippen LogP contribution in [0.15, 0.2) is 41.4 Å². The van der Waals surface area contributed by atoms with Gasteiger partial charge in [-0.2, -0.15) is 9.29 Å². The molecule has 0 bridgehead atoms. The number of rotatable bonds is 43. The predicted octanol–water partition coefficient (Wildman–Crippen LogP) is 9.99. The van der Waals surface area contributed by atoms with E-state index >= 15 is 0 Å². The van der Waals surface area contributed by atoms with Gasteiger partial charge in [-0.1, -0.05) is 141 Å². The fraction of sp³-hybridized carbons (Fsp3) is 0.800. The normalized spacial score (nSPS) is 22.2. The van der Waals surface area contributed by atoms with Crippen molar-refractivity contribution in [1.29, 1.82) is 0 Å². The minimum absolute atomic E-state index is 0.0403. The van der Waals surface area contributed by atoms with Crippen LogP contribution in [-0.2, 0) is 51.0 Å². The zero-order valence-corrected chi connectivity index (χ0v) is 44.3. The molecule has 1 aromatic heterocycles. The molecule has 19 nitrogen and oxygen atoms in total. The van der Waals surface area contributed by atoms with Crippen molar-refractivity contribution in [2.45, 2.75) is 236 Å². The lowest BCUT2D eigenvalue weighted by molar-refractivity contribution is -0.161. The molecule has 0 radical (unpaired) electrons. The van der Waals surface area contributed by atoms with Crippen molar-refractivity contribution in [2.24, 2.45) is 0 Å². The van der Waals surface area contributed by atoms with Crippen LogP contribution in [0.4, 0.5) is 5.82 Å². The number of aliphatic hydroxyl groups is 2. The van der Waals surface area contributed by atoms with E-state index in [-0.39, 0.29) is 18.7 Å². The number of epoxide rings is 1. The van der Waals surface area contributed by atoms with Crippen molar-refractivity contribution in [1.82, 2.24) is 9.55 Å². The molecule has 0 spiro atoms. The summed E-state index contributed by atoms with van der Waals surface area (Å²) in [5.41, 5.74) is 4.59. The highest BCUT2D eigenvalue weighted by Gasteiger charge is 2.46. The van der Waals surface area contributed by atoms with E-state index in [1.165, 1.54) is 63.9 Å². The highest BCUT2D eigenvalue weighted by Crippen LogP contribution is 2.60. The molecule has 4 unspecified atom stereocenters. The van der Waals surface area contributed by atoms with Crippen LogP contribution in [0.3, 0.4) is 0 Å². The number of ether oxygens (including phenoxy) is 4. The van der Waals surface area contributed by atoms with Gasteiger partial charge in [0.1, 0.15) is 30.7 Å². The topological polar surface area (TPSA) is 278 Å². The highest BCUT2D eigenvalue weighted by atomic mass is 31.3. The summed E-state index contributed by atoms with van der Waals surface area (Å²) >= 11 is 0. The van der Waals surface area contributed by atoms with Gasteiger partial charge >= 0.3 is 33.3 Å². The van der Waals surface area contributed by atoms with Crippen LogP contribution in [0.5, 0.6) is 0 Å². The smallest absolute Gasteiger partial charge is 0.462 e. The molecule has 2 aliphatic heterocycles. The number of nitrogens with two attached hydrogens (primary N) is 1. The standard InChI is InChI=1S/C50H87N3O16P2/c1-3-5-7-9-11-12-13-14-15-16-17-18-19-20-21-25-30-34-46(55)66-40(37-63-45(54)33-29-26-22-24-28-32-42-41(67-42)31-27-23-10-8-6-4-2)38-64-70(59,60)69-71(61,62)65-39-43-47(56)48(57)49(68-43)53-36-35-44(51)52-50(53)58/h14-15,23,27,35-36,40-43,47-49,56-57H,3-13,16-22,24-26,28-34,37-39H2,1-2H3,(H,59,60)(H,61,62)(H2,51,52,58)/b15-14-,27-23-/t40-,41?,42?,43-,47-,48-,49-/m1/s1. The first-order valence-corrected chi connectivity index (χ1v) is 29.5. The van der Waals surface area contributed by atoms with E-state index in [1.54, 1.807) is 0 Å². The van der Waals surface area contributed by atoms with Crippen molar-refractivity contribution in [3.63, 3.8) is 0 Å². The molecule has 0 aliphatic carbocycles. The van der Waals surface area contributed by atoms with E-state index in [1.807, 2.05) is 0 Å². The first-order chi connectivity index (χ1) is 34.1. The lowest BCUT2D eigenvalue weighted by Crippen LogP contribution is -2.36. The Hall–Kier alpha value is -2.80. The Bertz CT molecular complexity index is 1850. The zero-order chi connectivity index (χ0) is 51.7. The quantitative estimate of drug-likeness (QED) is 0.0134. The maximum Gasteiger partial charge on any atom is 0.481 e. The van der Waals surface area contributed by atoms with Gasteiger partial charge in [0, 0.05) is 19.0 Å². The lowest BCUT2D eigenvalue weighted by Gasteiger charge is -2.21. The number of hydrogen-bond donors (Lipinski definition) is 5. The summed E-state index contributed by atoms with van der Waals surface area (Å²) in [5.74, 6) is -1.32. The molecule has 1 aromatic rings. The lowest BCUT2D eigenvalue weighted by atomic mass is 10.1. The average molecular weight is 1050 g/mol. The van der Waals surface area contributed by atoms with Crippen molar-refractivity contribution in [2.75, 3.05) is 25.6 Å². The summed E-state index contributed by atoms with van der Waals surface area (Å²) in [5, 5.41) is 20.9. The number of carbonyl (C=O) groups is 2. The number of phosphoric acid groups is 2. The number of hydrogen-bond acceptors (Lipinski definition) is 16. The van der Waals surface area contributed by atoms with Crippen LogP contribution < -0.4 is 11.4 Å². The summed E-state index contributed by atoms with van der Waals surface area (Å²) < 4.78 is 62.7. The number of aliphatic hydroxyl groups excluding tert-OH is 2. The minimum atomic E-state index is -5.43. The van der Waals surface area contributed by atoms with Gasteiger partial charge in [0.05, 0.1) is 25.4 Å². The molecule has 71 heavy (non-hydrogen) atoms. The van der Waals surface area contributed by atoms with Gasteiger partial charge in [0.25, 0.3) is 0 Å². The van der Waals surface area contributed by atoms with Crippen molar-refractivity contribution >= 4 is 33.4 Å². The second-order valence-electron chi connectivity index (χ2n) is 18.8. The van der Waals surface area contributed by atoms with Gasteiger partial charge in [-0.3, -0.25) is 23.2 Å². The Morgan fingerprint density at radius 2 is 1.23 bits per heavy atom. The molecule has 0 amide bonds. The van der Waals surface area contributed by atoms with E-state index in [9.17, 15) is 43.5 Å². The summed E-state index contributed by atoms with van der Waals surface area (Å²) in [4.78, 5) is 62.0. The van der Waals surface area contributed by atoms with E-state index in [2.05, 4.69) is 47.4 Å². The highest BCUT2D eigenvalue weighted by molar-refractivity contribution is 7.61. The molecule has 2 fully saturated rings. The number of aromatic nitrogens is 2. The molecule has 3 heterocycles. The minimum Gasteiger partial charge on any atom is -0.462 e. The van der Waals surface area contributed by atoms with Gasteiger partial charge in [0.2, 0.25) is 0 Å². The molecule has 3 rings (SSSR count). The molecule has 21 heteroatoms. The van der Waals surface area contributed by atoms with Crippen molar-refractivity contribution < 1.29 is 71.0 Å². The van der Waals surface area contributed by atoms with E-state index in [0.29, 0.717) is 25.0 Å². The predicted molar refractivity (Wildman–Crippen MR) is 270 cm³/mol. The maximum atomic E-state index is 12.9. The van der Waals surface area contributed by atoms with E-state index in [4.69, 9.17) is 33.7 Å². The molecule has 0 aromatic carbocycles. The summed E-state index contributed by atoms with van der Waals surface area (Å²) in [6, 6.07) is 1.25. The molecule has 9 atom stereocenters. The summed E-state index contributed by atoms with van der Waals surface area (Å²) in [6.07, 6.45) is 31.2. The third kappa shape index (κ3) is 28.5. The number of allylic oxidation sites excluding steroid dienone is 3. The third-order valence-corrected chi connectivity index (χ3v) is 15.0. The number of anilines is 1. The van der Waals surface area contributed by atoms with Crippen LogP contribution in [0, 0.1) is 0 Å². The molecule has 6 N–H and O–H groups in total. The molecule has 408 valence electrons. The molecule has 2 saturated heterocycles. The Morgan fingerprint density at radius 1 is 0.690 bits per heavy atom. The number of nitrogen functional groups attached to an aromatic ring is 1. The molecule has 2 aliphatic rings. The van der Waals surface area contributed by atoms with Crippen LogP contribution in [0.25, 0.3) is 0 Å². The number of phosphoric ester groups is 2. The molecule has 0 saturated carbocycles. The fourth-order valence-electron chi connectivity index (χ4n) is 8.20. The SMILES string of the molecule is CCCCC/C=C\CC1OC1CCCCCCCC(=O)OC[C@H](COP(=O)(O)OP(=O)(O)OC[C@H]1O[C@@H](n2ccc(N)nc2=O)[C@H](O)[C@@H]1O)OC(=O)CCCCCCCCC/C=C\CCCCCCCC. The Kier molecular flexibility index (Phi) is 31.9. The van der Waals surface area contributed by atoms with Crippen LogP contribution in [-0.4, -0.2) is 97.9 Å². The molecular formula is C50H87N3O16P2. The zero-order valence-electron chi connectivity index (χ0n) is 42.5. The Morgan fingerprint density at radius 3 is 1.86 bits per heavy atom. The summed E-state index contributed by atoms with van der Waals surface area (Å²) in [6.45, 7) is 2.11. The molecular weight excluding hydrogens is 961 g/mol. The number of carbonyl (C=O) groups excluding carboxylic acids is 2. The summed E-state index contributed by atoms with van der Waals surface area (Å²) in [7, 11) is -10.9. The van der Waals surface area contributed by atoms with Gasteiger partial charge in [-0.25, -0.2) is 13.9 Å². The Balaban J connectivity index is 1.39. The van der Waals surface area contributed by atoms with Gasteiger partial charge in [0.15, 0.2) is 12.3 Å². The largest absolute Gasteiger partial charge is 0.481 e. The van der Waals surface area contributed by atoms with Crippen LogP contribution >= 0.6 is 15.6 Å². The van der Waals surface area contributed by atoms with Crippen molar-refractivity contribution in [3.05, 3.63) is 47.1 Å². The van der Waals surface area contributed by atoms with Gasteiger partial charge < -0.3 is 44.7 Å². The van der Waals surface area contributed by atoms with Crippen LogP contribution in [0.2, 0.25) is 0 Å². The van der Waals surface area contributed by atoms with E-state index in [0.717, 1.165) is 107 Å². The Labute approximate surface area is 421 Å². The van der Waals surface area contributed by atoms with Gasteiger partial charge in [-0.05, 0) is 70.3 Å².